The molecule has 0 unspecified atom stereocenters. The number of hydrogen-bond donors (Lipinski definition) is 0. The van der Waals surface area contributed by atoms with Crippen molar-refractivity contribution in [3.05, 3.63) is 64.1 Å². The molecule has 0 amide bonds. The van der Waals surface area contributed by atoms with Gasteiger partial charge in [0.05, 0.1) is 17.3 Å². The van der Waals surface area contributed by atoms with Gasteiger partial charge in [-0.2, -0.15) is 5.10 Å². The number of rotatable bonds is 4. The molecule has 2 heterocycles. The van der Waals surface area contributed by atoms with Gasteiger partial charge in [0.25, 0.3) is 0 Å². The summed E-state index contributed by atoms with van der Waals surface area (Å²) in [6, 6.07) is 8.65. The molecule has 2 aromatic heterocycles. The minimum absolute atomic E-state index is 0.288. The first-order valence-electron chi connectivity index (χ1n) is 7.67. The number of hydrogen-bond acceptors (Lipinski definition) is 8. The zero-order valence-electron chi connectivity index (χ0n) is 15.0. The summed E-state index contributed by atoms with van der Waals surface area (Å²) < 4.78 is 55.7. The van der Waals surface area contributed by atoms with Gasteiger partial charge in [0.15, 0.2) is 12.0 Å². The average molecular weight is 429 g/mol. The highest BCUT2D eigenvalue weighted by Crippen LogP contribution is 2.27. The number of nitrogens with zero attached hydrogens (tertiary/aromatic N) is 4. The van der Waals surface area contributed by atoms with Crippen LogP contribution < -0.4 is 18.6 Å². The fourth-order valence-electron chi connectivity index (χ4n) is 2.23. The Morgan fingerprint density at radius 1 is 1.10 bits per heavy atom. The van der Waals surface area contributed by atoms with Crippen LogP contribution in [0, 0.1) is 26.2 Å². The summed E-state index contributed by atoms with van der Waals surface area (Å²) in [5, 5.41) is 15.2. The van der Waals surface area contributed by atoms with Crippen LogP contribution in [0.15, 0.2) is 47.0 Å². The van der Waals surface area contributed by atoms with Gasteiger partial charge >= 0.3 is 5.88 Å². The summed E-state index contributed by atoms with van der Waals surface area (Å²) in [4.78, 5) is 10.2. The Morgan fingerprint density at radius 2 is 1.69 bits per heavy atom. The third kappa shape index (κ3) is 6.74. The first kappa shape index (κ1) is 22.1. The van der Waals surface area contributed by atoms with Gasteiger partial charge in [-0.3, -0.25) is 10.1 Å². The Kier molecular flexibility index (Phi) is 6.79. The first-order chi connectivity index (χ1) is 13.4. The molecule has 0 fully saturated rings. The molecule has 154 valence electrons. The second-order valence-corrected chi connectivity index (χ2v) is 6.48. The van der Waals surface area contributed by atoms with E-state index in [4.69, 9.17) is 23.1 Å². The standard InChI is InChI=1S/C16H14FN4O3.ClHO4/c1-19(2)9-11-10-20(13-5-3-12(17)4-6-13)18-16(11)14-7-8-15(24-14)21(22)23;2-1(3,4)5/h3-10H,1-2H3;(H,2,3,4,5)/q+1;/p-1. The van der Waals surface area contributed by atoms with Crippen molar-refractivity contribution >= 4 is 12.1 Å². The Morgan fingerprint density at radius 3 is 2.17 bits per heavy atom. The van der Waals surface area contributed by atoms with E-state index >= 15 is 0 Å². The van der Waals surface area contributed by atoms with Crippen molar-refractivity contribution in [3.8, 4) is 17.1 Å². The highest BCUT2D eigenvalue weighted by Gasteiger charge is 2.20. The summed E-state index contributed by atoms with van der Waals surface area (Å²) in [5.41, 5.74) is 1.84. The predicted molar refractivity (Wildman–Crippen MR) is 85.2 cm³/mol. The van der Waals surface area contributed by atoms with Gasteiger partial charge in [-0.05, 0) is 30.3 Å². The van der Waals surface area contributed by atoms with Crippen LogP contribution in [0.4, 0.5) is 10.3 Å². The lowest BCUT2D eigenvalue weighted by atomic mass is 10.2. The molecule has 0 N–H and O–H groups in total. The number of nitro groups is 1. The van der Waals surface area contributed by atoms with E-state index in [2.05, 4.69) is 5.10 Å². The highest BCUT2D eigenvalue weighted by atomic mass is 35.7. The van der Waals surface area contributed by atoms with Crippen LogP contribution in [0.2, 0.25) is 0 Å². The lowest BCUT2D eigenvalue weighted by Gasteiger charge is -2.17. The number of halogens is 2. The summed E-state index contributed by atoms with van der Waals surface area (Å²) in [7, 11) is -1.24. The maximum Gasteiger partial charge on any atom is 0.433 e. The van der Waals surface area contributed by atoms with Crippen molar-refractivity contribution in [1.82, 2.24) is 9.78 Å². The van der Waals surface area contributed by atoms with Gasteiger partial charge in [-0.15, -0.1) is 10.2 Å². The largest absolute Gasteiger partial charge is 0.433 e. The van der Waals surface area contributed by atoms with E-state index in [1.807, 2.05) is 24.9 Å². The Bertz CT molecular complexity index is 1010. The minimum Gasteiger partial charge on any atom is -0.399 e. The highest BCUT2D eigenvalue weighted by molar-refractivity contribution is 5.85. The molecule has 0 spiro atoms. The summed E-state index contributed by atoms with van der Waals surface area (Å²) >= 11 is 0. The molecule has 11 nitrogen and oxygen atoms in total. The molecule has 0 saturated heterocycles. The Balaban J connectivity index is 0.000000537. The van der Waals surface area contributed by atoms with Crippen LogP contribution in [0.25, 0.3) is 17.1 Å². The van der Waals surface area contributed by atoms with E-state index in [0.29, 0.717) is 16.9 Å². The van der Waals surface area contributed by atoms with Gasteiger partial charge in [-0.1, -0.05) is 0 Å². The summed E-state index contributed by atoms with van der Waals surface area (Å²) in [6.45, 7) is 0. The molecule has 3 rings (SSSR count). The Labute approximate surface area is 165 Å². The fraction of sp³-hybridized carbons (Fsp3) is 0.125. The minimum atomic E-state index is -4.94. The molecule has 0 atom stereocenters. The molecule has 0 aliphatic carbocycles. The average Bonchev–Trinajstić information content (AvgIpc) is 3.20. The van der Waals surface area contributed by atoms with Crippen molar-refractivity contribution in [3.63, 3.8) is 0 Å². The molecule has 1 aromatic carbocycles. The van der Waals surface area contributed by atoms with Crippen LogP contribution in [-0.2, 0) is 0 Å². The van der Waals surface area contributed by atoms with Gasteiger partial charge in [-0.25, -0.2) is 32.3 Å². The third-order valence-electron chi connectivity index (χ3n) is 3.24. The zero-order valence-corrected chi connectivity index (χ0v) is 15.8. The second-order valence-electron chi connectivity index (χ2n) is 5.72. The molecule has 3 aromatic rings. The van der Waals surface area contributed by atoms with Gasteiger partial charge in [0.1, 0.15) is 30.5 Å². The normalized spacial score (nSPS) is 10.9. The number of aromatic nitrogens is 2. The van der Waals surface area contributed by atoms with E-state index in [1.165, 1.54) is 24.3 Å². The lowest BCUT2D eigenvalue weighted by Crippen LogP contribution is -2.68. The van der Waals surface area contributed by atoms with E-state index in [-0.39, 0.29) is 17.5 Å². The van der Waals surface area contributed by atoms with Crippen LogP contribution >= 0.6 is 0 Å². The van der Waals surface area contributed by atoms with Crippen LogP contribution in [0.3, 0.4) is 0 Å². The van der Waals surface area contributed by atoms with Crippen molar-refractivity contribution < 1.29 is 47.2 Å². The van der Waals surface area contributed by atoms with Gasteiger partial charge < -0.3 is 4.42 Å². The van der Waals surface area contributed by atoms with Crippen LogP contribution in [0.1, 0.15) is 5.56 Å². The van der Waals surface area contributed by atoms with Crippen molar-refractivity contribution in [2.75, 3.05) is 14.1 Å². The summed E-state index contributed by atoms with van der Waals surface area (Å²) in [6.07, 6.45) is 3.56. The van der Waals surface area contributed by atoms with Crippen molar-refractivity contribution in [1.29, 1.82) is 0 Å². The van der Waals surface area contributed by atoms with Crippen molar-refractivity contribution in [2.24, 2.45) is 0 Å². The van der Waals surface area contributed by atoms with Crippen LogP contribution in [0.5, 0.6) is 0 Å². The molecule has 0 aliphatic heterocycles. The number of furan rings is 1. The molecule has 29 heavy (non-hydrogen) atoms. The van der Waals surface area contributed by atoms with E-state index in [9.17, 15) is 14.5 Å². The smallest absolute Gasteiger partial charge is 0.399 e. The quantitative estimate of drug-likeness (QED) is 0.201. The lowest BCUT2D eigenvalue weighted by molar-refractivity contribution is -2.00. The fourth-order valence-corrected chi connectivity index (χ4v) is 2.23. The molecule has 0 bridgehead atoms. The zero-order chi connectivity index (χ0) is 21.8. The number of benzene rings is 1. The molecule has 0 aliphatic rings. The molecule has 13 heteroatoms. The van der Waals surface area contributed by atoms with Crippen LogP contribution in [-0.4, -0.2) is 39.6 Å². The SMILES string of the molecule is C[N+](C)=Cc1cn(-c2ccc(F)cc2)nc1-c1ccc([N+](=O)[O-])o1.[O-][Cl+3]([O-])([O-])[O-]. The van der Waals surface area contributed by atoms with E-state index in [0.717, 1.165) is 0 Å². The maximum absolute atomic E-state index is 13.1. The maximum atomic E-state index is 13.1. The molecule has 0 radical (unpaired) electrons. The third-order valence-corrected chi connectivity index (χ3v) is 3.24. The van der Waals surface area contributed by atoms with E-state index < -0.39 is 15.2 Å². The molecular formula is C16H14ClFN4O7. The Hall–Kier alpha value is -3.16. The summed E-state index contributed by atoms with van der Waals surface area (Å²) in [5.74, 6) is -0.402. The van der Waals surface area contributed by atoms with Gasteiger partial charge in [0, 0.05) is 6.20 Å². The second kappa shape index (κ2) is 8.89. The molecule has 0 saturated carbocycles. The predicted octanol–water partition coefficient (Wildman–Crippen LogP) is -1.89. The monoisotopic (exact) mass is 428 g/mol. The first-order valence-corrected chi connectivity index (χ1v) is 8.91. The topological polar surface area (TPSA) is 169 Å². The van der Waals surface area contributed by atoms with E-state index in [1.54, 1.807) is 23.0 Å². The molecular weight excluding hydrogens is 415 g/mol. The van der Waals surface area contributed by atoms with Gasteiger partial charge in [0.2, 0.25) is 0 Å². The van der Waals surface area contributed by atoms with Crippen molar-refractivity contribution in [2.45, 2.75) is 0 Å².